The Morgan fingerprint density at radius 3 is 2.61 bits per heavy atom. The van der Waals surface area contributed by atoms with Gasteiger partial charge in [-0.25, -0.2) is 4.39 Å². The van der Waals surface area contributed by atoms with Crippen molar-refractivity contribution < 1.29 is 19.0 Å². The number of halogens is 1. The Kier molecular flexibility index (Phi) is 6.43. The minimum Gasteiger partial charge on any atom is -0.491 e. The van der Waals surface area contributed by atoms with E-state index in [1.54, 1.807) is 24.1 Å². The van der Waals surface area contributed by atoms with Crippen LogP contribution in [0.2, 0.25) is 0 Å². The summed E-state index contributed by atoms with van der Waals surface area (Å²) in [6, 6.07) is 13.9. The van der Waals surface area contributed by atoms with Gasteiger partial charge in [-0.05, 0) is 43.4 Å². The van der Waals surface area contributed by atoms with E-state index < -0.39 is 5.97 Å². The SMILES string of the molecule is CN(CCOc1ccccc1Sc1ccc(F)cc1)CC(=O)O. The summed E-state index contributed by atoms with van der Waals surface area (Å²) in [5, 5.41) is 8.72. The molecule has 0 fully saturated rings. The van der Waals surface area contributed by atoms with Crippen LogP contribution in [0.25, 0.3) is 0 Å². The molecular weight excluding hydrogens is 317 g/mol. The minimum absolute atomic E-state index is 0.0185. The van der Waals surface area contributed by atoms with Gasteiger partial charge in [0.1, 0.15) is 18.2 Å². The molecule has 0 heterocycles. The molecule has 0 atom stereocenters. The highest BCUT2D eigenvalue weighted by Crippen LogP contribution is 2.34. The van der Waals surface area contributed by atoms with Gasteiger partial charge in [0.25, 0.3) is 0 Å². The molecule has 6 heteroatoms. The molecule has 2 rings (SSSR count). The standard InChI is InChI=1S/C17H18FNO3S/c1-19(12-17(20)21)10-11-22-15-4-2-3-5-16(15)23-14-8-6-13(18)7-9-14/h2-9H,10-12H2,1H3,(H,20,21). The molecule has 0 radical (unpaired) electrons. The van der Waals surface area contributed by atoms with Crippen LogP contribution in [-0.4, -0.2) is 42.7 Å². The Morgan fingerprint density at radius 1 is 1.22 bits per heavy atom. The van der Waals surface area contributed by atoms with Crippen LogP contribution >= 0.6 is 11.8 Å². The van der Waals surface area contributed by atoms with Crippen molar-refractivity contribution in [1.29, 1.82) is 0 Å². The molecule has 0 aliphatic heterocycles. The van der Waals surface area contributed by atoms with E-state index in [2.05, 4.69) is 0 Å². The lowest BCUT2D eigenvalue weighted by molar-refractivity contribution is -0.138. The molecule has 0 aliphatic rings. The van der Waals surface area contributed by atoms with Crippen LogP contribution < -0.4 is 4.74 Å². The van der Waals surface area contributed by atoms with Gasteiger partial charge >= 0.3 is 5.97 Å². The van der Waals surface area contributed by atoms with Crippen molar-refractivity contribution >= 4 is 17.7 Å². The maximum atomic E-state index is 13.0. The van der Waals surface area contributed by atoms with Crippen LogP contribution in [0, 0.1) is 5.82 Å². The molecule has 0 spiro atoms. The fourth-order valence-electron chi connectivity index (χ4n) is 1.90. The summed E-state index contributed by atoms with van der Waals surface area (Å²) < 4.78 is 18.7. The molecule has 0 unspecified atom stereocenters. The van der Waals surface area contributed by atoms with Crippen molar-refractivity contribution in [2.75, 3.05) is 26.7 Å². The van der Waals surface area contributed by atoms with Gasteiger partial charge in [0.15, 0.2) is 0 Å². The van der Waals surface area contributed by atoms with Gasteiger partial charge in [-0.2, -0.15) is 0 Å². The van der Waals surface area contributed by atoms with Crippen LogP contribution in [0.4, 0.5) is 4.39 Å². The first-order valence-electron chi connectivity index (χ1n) is 7.10. The first-order valence-corrected chi connectivity index (χ1v) is 7.92. The second-order valence-electron chi connectivity index (χ2n) is 4.98. The Labute approximate surface area is 138 Å². The molecule has 0 aromatic heterocycles. The summed E-state index contributed by atoms with van der Waals surface area (Å²) in [5.41, 5.74) is 0. The predicted molar refractivity (Wildman–Crippen MR) is 87.6 cm³/mol. The molecule has 0 saturated carbocycles. The second kappa shape index (κ2) is 8.55. The molecule has 1 N–H and O–H groups in total. The number of carboxylic acids is 1. The number of hydrogen-bond acceptors (Lipinski definition) is 4. The summed E-state index contributed by atoms with van der Waals surface area (Å²) in [5.74, 6) is -0.398. The highest BCUT2D eigenvalue weighted by Gasteiger charge is 2.07. The van der Waals surface area contributed by atoms with E-state index in [4.69, 9.17) is 9.84 Å². The summed E-state index contributed by atoms with van der Waals surface area (Å²) in [4.78, 5) is 14.1. The Balaban J connectivity index is 1.94. The number of nitrogens with zero attached hydrogens (tertiary/aromatic N) is 1. The minimum atomic E-state index is -0.861. The van der Waals surface area contributed by atoms with Gasteiger partial charge in [0, 0.05) is 11.4 Å². The summed E-state index contributed by atoms with van der Waals surface area (Å²) in [7, 11) is 1.73. The van der Waals surface area contributed by atoms with E-state index in [9.17, 15) is 9.18 Å². The van der Waals surface area contributed by atoms with Crippen LogP contribution in [0.3, 0.4) is 0 Å². The van der Waals surface area contributed by atoms with Crippen molar-refractivity contribution in [1.82, 2.24) is 4.90 Å². The van der Waals surface area contributed by atoms with E-state index in [0.717, 1.165) is 15.5 Å². The number of rotatable bonds is 8. The van der Waals surface area contributed by atoms with E-state index in [-0.39, 0.29) is 12.4 Å². The van der Waals surface area contributed by atoms with Crippen molar-refractivity contribution in [2.45, 2.75) is 9.79 Å². The quantitative estimate of drug-likeness (QED) is 0.801. The maximum Gasteiger partial charge on any atom is 0.317 e. The molecule has 0 saturated heterocycles. The molecule has 0 aliphatic carbocycles. The summed E-state index contributed by atoms with van der Waals surface area (Å²) >= 11 is 1.49. The van der Waals surface area contributed by atoms with Gasteiger partial charge in [0.2, 0.25) is 0 Å². The van der Waals surface area contributed by atoms with E-state index in [1.165, 1.54) is 23.9 Å². The van der Waals surface area contributed by atoms with Crippen LogP contribution in [0.5, 0.6) is 5.75 Å². The number of carboxylic acid groups (broad SMARTS) is 1. The van der Waals surface area contributed by atoms with Crippen molar-refractivity contribution in [3.8, 4) is 5.75 Å². The lowest BCUT2D eigenvalue weighted by Gasteiger charge is -2.16. The van der Waals surface area contributed by atoms with E-state index in [1.807, 2.05) is 24.3 Å². The maximum absolute atomic E-state index is 13.0. The third-order valence-electron chi connectivity index (χ3n) is 3.03. The van der Waals surface area contributed by atoms with Crippen LogP contribution in [0.15, 0.2) is 58.3 Å². The number of carbonyl (C=O) groups is 1. The van der Waals surface area contributed by atoms with Crippen molar-refractivity contribution in [3.63, 3.8) is 0 Å². The third kappa shape index (κ3) is 5.92. The number of hydrogen-bond donors (Lipinski definition) is 1. The van der Waals surface area contributed by atoms with Crippen molar-refractivity contribution in [2.24, 2.45) is 0 Å². The first-order chi connectivity index (χ1) is 11.0. The average Bonchev–Trinajstić information content (AvgIpc) is 2.50. The molecule has 23 heavy (non-hydrogen) atoms. The number of benzene rings is 2. The third-order valence-corrected chi connectivity index (χ3v) is 4.09. The Bertz CT molecular complexity index is 649. The summed E-state index contributed by atoms with van der Waals surface area (Å²) in [6.45, 7) is 0.891. The topological polar surface area (TPSA) is 49.8 Å². The highest BCUT2D eigenvalue weighted by atomic mass is 32.2. The number of likely N-dealkylation sites (N-methyl/N-ethyl adjacent to an activating group) is 1. The number of aliphatic carboxylic acids is 1. The molecule has 2 aromatic carbocycles. The van der Waals surface area contributed by atoms with Gasteiger partial charge < -0.3 is 9.84 Å². The van der Waals surface area contributed by atoms with Gasteiger partial charge in [0.05, 0.1) is 11.4 Å². The first kappa shape index (κ1) is 17.3. The molecule has 122 valence electrons. The fourth-order valence-corrected chi connectivity index (χ4v) is 2.80. The molecular formula is C17H18FNO3S. The van der Waals surface area contributed by atoms with E-state index in [0.29, 0.717) is 13.2 Å². The largest absolute Gasteiger partial charge is 0.491 e. The van der Waals surface area contributed by atoms with Crippen molar-refractivity contribution in [3.05, 3.63) is 54.3 Å². The van der Waals surface area contributed by atoms with Gasteiger partial charge in [-0.3, -0.25) is 9.69 Å². The van der Waals surface area contributed by atoms with E-state index >= 15 is 0 Å². The number of para-hydroxylation sites is 1. The zero-order chi connectivity index (χ0) is 16.7. The normalized spacial score (nSPS) is 10.7. The molecule has 0 bridgehead atoms. The molecule has 2 aromatic rings. The Morgan fingerprint density at radius 2 is 1.91 bits per heavy atom. The predicted octanol–water partition coefficient (Wildman–Crippen LogP) is 3.37. The fraction of sp³-hybridized carbons (Fsp3) is 0.235. The average molecular weight is 335 g/mol. The van der Waals surface area contributed by atoms with Gasteiger partial charge in [-0.1, -0.05) is 23.9 Å². The van der Waals surface area contributed by atoms with Gasteiger partial charge in [-0.15, -0.1) is 0 Å². The zero-order valence-corrected chi connectivity index (χ0v) is 13.6. The summed E-state index contributed by atoms with van der Waals surface area (Å²) in [6.07, 6.45) is 0. The monoisotopic (exact) mass is 335 g/mol. The zero-order valence-electron chi connectivity index (χ0n) is 12.7. The Hall–Kier alpha value is -2.05. The number of ether oxygens (including phenoxy) is 1. The highest BCUT2D eigenvalue weighted by molar-refractivity contribution is 7.99. The second-order valence-corrected chi connectivity index (χ2v) is 6.10. The molecule has 4 nitrogen and oxygen atoms in total. The molecule has 0 amide bonds. The van der Waals surface area contributed by atoms with Crippen LogP contribution in [0.1, 0.15) is 0 Å². The smallest absolute Gasteiger partial charge is 0.317 e. The lowest BCUT2D eigenvalue weighted by Crippen LogP contribution is -2.29. The lowest BCUT2D eigenvalue weighted by atomic mass is 10.3. The van der Waals surface area contributed by atoms with Crippen LogP contribution in [-0.2, 0) is 4.79 Å².